The lowest BCUT2D eigenvalue weighted by Crippen LogP contribution is -2.04. The van der Waals surface area contributed by atoms with E-state index in [1.54, 1.807) is 12.2 Å². The highest BCUT2D eigenvalue weighted by molar-refractivity contribution is 4.98. The third-order valence-corrected chi connectivity index (χ3v) is 2.86. The number of hydrogen-bond acceptors (Lipinski definition) is 2. The van der Waals surface area contributed by atoms with Crippen molar-refractivity contribution in [2.45, 2.75) is 50.7 Å². The van der Waals surface area contributed by atoms with Gasteiger partial charge in [-0.15, -0.1) is 0 Å². The van der Waals surface area contributed by atoms with Crippen LogP contribution in [0.15, 0.2) is 61.8 Å². The quantitative estimate of drug-likeness (QED) is 0.416. The van der Waals surface area contributed by atoms with E-state index in [1.807, 2.05) is 24.3 Å². The Kier molecular flexibility index (Phi) is 13.1. The van der Waals surface area contributed by atoms with E-state index in [9.17, 15) is 10.2 Å². The van der Waals surface area contributed by atoms with Crippen molar-refractivity contribution in [3.8, 4) is 0 Å². The minimum absolute atomic E-state index is 0.287. The van der Waals surface area contributed by atoms with Gasteiger partial charge in [-0.3, -0.25) is 0 Å². The number of aliphatic hydroxyl groups excluding tert-OH is 2. The summed E-state index contributed by atoms with van der Waals surface area (Å²) < 4.78 is 0. The second-order valence-corrected chi connectivity index (χ2v) is 4.73. The van der Waals surface area contributed by atoms with Crippen LogP contribution in [0.1, 0.15) is 38.5 Å². The van der Waals surface area contributed by atoms with Gasteiger partial charge in [0.2, 0.25) is 0 Å². The van der Waals surface area contributed by atoms with Crippen LogP contribution >= 0.6 is 0 Å². The largest absolute Gasteiger partial charge is 0.393 e. The molecule has 0 heterocycles. The van der Waals surface area contributed by atoms with Crippen LogP contribution in [-0.2, 0) is 0 Å². The summed E-state index contributed by atoms with van der Waals surface area (Å²) >= 11 is 0. The lowest BCUT2D eigenvalue weighted by atomic mass is 10.1. The Morgan fingerprint density at radius 1 is 0.700 bits per heavy atom. The summed E-state index contributed by atoms with van der Waals surface area (Å²) in [6.07, 6.45) is 19.2. The molecule has 2 N–H and O–H groups in total. The third-order valence-electron chi connectivity index (χ3n) is 2.86. The first-order valence-corrected chi connectivity index (χ1v) is 7.27. The summed E-state index contributed by atoms with van der Waals surface area (Å²) in [6, 6.07) is 0. The summed E-state index contributed by atoms with van der Waals surface area (Å²) in [7, 11) is 0. The molecule has 2 nitrogen and oxygen atoms in total. The standard InChI is InChI=1S/C18H28O2/c1-3-5-9-13-17(19)15-11-7-8-12-16-18(20)14-10-6-4-2/h3-10,17-20H,1-2,11-16H2. The predicted molar refractivity (Wildman–Crippen MR) is 87.5 cm³/mol. The van der Waals surface area contributed by atoms with Crippen molar-refractivity contribution in [2.24, 2.45) is 0 Å². The summed E-state index contributed by atoms with van der Waals surface area (Å²) in [4.78, 5) is 0. The lowest BCUT2D eigenvalue weighted by molar-refractivity contribution is 0.167. The average molecular weight is 276 g/mol. The molecule has 0 aromatic heterocycles. The van der Waals surface area contributed by atoms with Crippen molar-refractivity contribution >= 4 is 0 Å². The molecule has 0 rings (SSSR count). The normalized spacial score (nSPS) is 15.1. The molecule has 0 spiro atoms. The fraction of sp³-hybridized carbons (Fsp3) is 0.444. The molecule has 0 saturated heterocycles. The number of rotatable bonds is 12. The SMILES string of the molecule is C=CC=CCC(O)CCC=CCCC(O)CC=CC=C. The van der Waals surface area contributed by atoms with E-state index in [1.165, 1.54) is 0 Å². The Morgan fingerprint density at radius 2 is 1.10 bits per heavy atom. The van der Waals surface area contributed by atoms with Crippen LogP contribution < -0.4 is 0 Å². The van der Waals surface area contributed by atoms with Gasteiger partial charge in [0, 0.05) is 0 Å². The van der Waals surface area contributed by atoms with Gasteiger partial charge in [0.25, 0.3) is 0 Å². The molecule has 0 amide bonds. The maximum atomic E-state index is 9.67. The summed E-state index contributed by atoms with van der Waals surface area (Å²) in [5, 5.41) is 19.3. The molecule has 0 bridgehead atoms. The molecule has 0 aromatic carbocycles. The highest BCUT2D eigenvalue weighted by Gasteiger charge is 2.00. The first-order valence-electron chi connectivity index (χ1n) is 7.27. The molecule has 112 valence electrons. The smallest absolute Gasteiger partial charge is 0.0577 e. The van der Waals surface area contributed by atoms with Crippen molar-refractivity contribution in [3.63, 3.8) is 0 Å². The molecular formula is C18H28O2. The fourth-order valence-corrected chi connectivity index (χ4v) is 1.71. The van der Waals surface area contributed by atoms with Gasteiger partial charge in [0.1, 0.15) is 0 Å². The molecule has 0 fully saturated rings. The number of aliphatic hydroxyl groups is 2. The van der Waals surface area contributed by atoms with E-state index in [0.29, 0.717) is 12.8 Å². The van der Waals surface area contributed by atoms with E-state index < -0.39 is 0 Å². The molecule has 0 aliphatic heterocycles. The Labute approximate surface area is 123 Å². The van der Waals surface area contributed by atoms with E-state index in [-0.39, 0.29) is 12.2 Å². The zero-order valence-electron chi connectivity index (χ0n) is 12.3. The summed E-state index contributed by atoms with van der Waals surface area (Å²) in [6.45, 7) is 7.16. The molecule has 0 radical (unpaired) electrons. The van der Waals surface area contributed by atoms with Gasteiger partial charge in [-0.05, 0) is 38.5 Å². The fourth-order valence-electron chi connectivity index (χ4n) is 1.71. The first kappa shape index (κ1) is 18.6. The monoisotopic (exact) mass is 276 g/mol. The number of allylic oxidation sites excluding steroid dienone is 6. The molecule has 20 heavy (non-hydrogen) atoms. The maximum absolute atomic E-state index is 9.67. The zero-order valence-corrected chi connectivity index (χ0v) is 12.3. The molecule has 0 aliphatic carbocycles. The van der Waals surface area contributed by atoms with Crippen LogP contribution in [0.3, 0.4) is 0 Å². The molecule has 0 saturated carbocycles. The Hall–Kier alpha value is -1.38. The van der Waals surface area contributed by atoms with Crippen molar-refractivity contribution in [1.29, 1.82) is 0 Å². The van der Waals surface area contributed by atoms with Crippen molar-refractivity contribution in [1.82, 2.24) is 0 Å². The van der Waals surface area contributed by atoms with Crippen molar-refractivity contribution < 1.29 is 10.2 Å². The molecule has 0 aliphatic rings. The Bertz CT molecular complexity index is 294. The Morgan fingerprint density at radius 3 is 1.45 bits per heavy atom. The van der Waals surface area contributed by atoms with Gasteiger partial charge in [-0.1, -0.05) is 61.8 Å². The lowest BCUT2D eigenvalue weighted by Gasteiger charge is -2.06. The average Bonchev–Trinajstić information content (AvgIpc) is 2.43. The Balaban J connectivity index is 3.56. The minimum atomic E-state index is -0.287. The molecular weight excluding hydrogens is 248 g/mol. The van der Waals surface area contributed by atoms with Crippen LogP contribution in [0, 0.1) is 0 Å². The second-order valence-electron chi connectivity index (χ2n) is 4.73. The van der Waals surface area contributed by atoms with Crippen LogP contribution in [-0.4, -0.2) is 22.4 Å². The highest BCUT2D eigenvalue weighted by Crippen LogP contribution is 2.07. The van der Waals surface area contributed by atoms with E-state index >= 15 is 0 Å². The van der Waals surface area contributed by atoms with Gasteiger partial charge in [-0.25, -0.2) is 0 Å². The van der Waals surface area contributed by atoms with Crippen LogP contribution in [0.2, 0.25) is 0 Å². The number of hydrogen-bond donors (Lipinski definition) is 2. The highest BCUT2D eigenvalue weighted by atomic mass is 16.3. The van der Waals surface area contributed by atoms with Crippen LogP contribution in [0.25, 0.3) is 0 Å². The van der Waals surface area contributed by atoms with Gasteiger partial charge < -0.3 is 10.2 Å². The van der Waals surface area contributed by atoms with E-state index in [4.69, 9.17) is 0 Å². The topological polar surface area (TPSA) is 40.5 Å². The van der Waals surface area contributed by atoms with Gasteiger partial charge in [0.15, 0.2) is 0 Å². The van der Waals surface area contributed by atoms with Gasteiger partial charge >= 0.3 is 0 Å². The van der Waals surface area contributed by atoms with Gasteiger partial charge in [-0.2, -0.15) is 0 Å². The second kappa shape index (κ2) is 14.0. The van der Waals surface area contributed by atoms with E-state index in [0.717, 1.165) is 25.7 Å². The maximum Gasteiger partial charge on any atom is 0.0577 e. The first-order chi connectivity index (χ1) is 9.70. The molecule has 2 heteroatoms. The molecule has 2 unspecified atom stereocenters. The summed E-state index contributed by atoms with van der Waals surface area (Å²) in [5.74, 6) is 0. The van der Waals surface area contributed by atoms with Crippen molar-refractivity contribution in [2.75, 3.05) is 0 Å². The van der Waals surface area contributed by atoms with Gasteiger partial charge in [0.05, 0.1) is 12.2 Å². The zero-order chi connectivity index (χ0) is 15.1. The molecule has 2 atom stereocenters. The van der Waals surface area contributed by atoms with Crippen LogP contribution in [0.5, 0.6) is 0 Å². The minimum Gasteiger partial charge on any atom is -0.393 e. The van der Waals surface area contributed by atoms with Crippen molar-refractivity contribution in [3.05, 3.63) is 61.8 Å². The van der Waals surface area contributed by atoms with E-state index in [2.05, 4.69) is 25.3 Å². The summed E-state index contributed by atoms with van der Waals surface area (Å²) in [5.41, 5.74) is 0. The predicted octanol–water partition coefficient (Wildman–Crippen LogP) is 4.09. The molecule has 0 aromatic rings. The third kappa shape index (κ3) is 13.1. The van der Waals surface area contributed by atoms with Crippen LogP contribution in [0.4, 0.5) is 0 Å².